The highest BCUT2D eigenvalue weighted by atomic mass is 15.3. The maximum Gasteiger partial charge on any atom is 0.206 e. The molecule has 0 bridgehead atoms. The maximum absolute atomic E-state index is 6.21. The summed E-state index contributed by atoms with van der Waals surface area (Å²) in [5.41, 5.74) is 7.42. The van der Waals surface area contributed by atoms with Gasteiger partial charge >= 0.3 is 0 Å². The van der Waals surface area contributed by atoms with Gasteiger partial charge in [-0.15, -0.1) is 0 Å². The van der Waals surface area contributed by atoms with E-state index in [0.717, 1.165) is 25.5 Å². The van der Waals surface area contributed by atoms with E-state index in [1.807, 2.05) is 0 Å². The number of piperidine rings is 1. The molecule has 2 atom stereocenters. The summed E-state index contributed by atoms with van der Waals surface area (Å²) in [6, 6.07) is 0.983. The van der Waals surface area contributed by atoms with E-state index in [4.69, 9.17) is 10.7 Å². The Morgan fingerprint density at radius 3 is 2.78 bits per heavy atom. The molecule has 3 rings (SSSR count). The number of aryl methyl sites for hydroxylation is 1. The van der Waals surface area contributed by atoms with Gasteiger partial charge < -0.3 is 15.2 Å². The Kier molecular flexibility index (Phi) is 3.06. The minimum Gasteiger partial charge on any atom is -0.341 e. The lowest BCUT2D eigenvalue weighted by Gasteiger charge is -2.35. The van der Waals surface area contributed by atoms with Crippen molar-refractivity contribution >= 4 is 5.95 Å². The Labute approximate surface area is 109 Å². The molecular weight excluding hydrogens is 224 g/mol. The number of aromatic nitrogens is 2. The van der Waals surface area contributed by atoms with Gasteiger partial charge in [0.2, 0.25) is 5.95 Å². The van der Waals surface area contributed by atoms with Crippen molar-refractivity contribution in [2.45, 2.75) is 51.6 Å². The molecule has 2 unspecified atom stereocenters. The first-order valence-corrected chi connectivity index (χ1v) is 7.27. The number of hydrogen-bond acceptors (Lipinski definition) is 3. The summed E-state index contributed by atoms with van der Waals surface area (Å²) in [5, 5.41) is 0. The van der Waals surface area contributed by atoms with E-state index in [2.05, 4.69) is 29.5 Å². The number of nitrogens with two attached hydrogens (primary N) is 1. The summed E-state index contributed by atoms with van der Waals surface area (Å²) in [6.45, 7) is 6.48. The normalized spacial score (nSPS) is 28.7. The second kappa shape index (κ2) is 4.57. The predicted molar refractivity (Wildman–Crippen MR) is 73.8 cm³/mol. The van der Waals surface area contributed by atoms with Crippen LogP contribution in [0.2, 0.25) is 0 Å². The maximum atomic E-state index is 6.21. The van der Waals surface area contributed by atoms with Crippen LogP contribution in [-0.2, 0) is 6.42 Å². The van der Waals surface area contributed by atoms with Crippen molar-refractivity contribution in [2.24, 2.45) is 11.7 Å². The summed E-state index contributed by atoms with van der Waals surface area (Å²) in [4.78, 5) is 7.20. The molecule has 1 saturated carbocycles. The van der Waals surface area contributed by atoms with Crippen molar-refractivity contribution in [3.8, 4) is 0 Å². The Morgan fingerprint density at radius 1 is 1.39 bits per heavy atom. The van der Waals surface area contributed by atoms with Crippen LogP contribution in [0.3, 0.4) is 0 Å². The van der Waals surface area contributed by atoms with Gasteiger partial charge in [-0.1, -0.05) is 13.8 Å². The zero-order chi connectivity index (χ0) is 12.7. The first kappa shape index (κ1) is 12.0. The number of anilines is 1. The smallest absolute Gasteiger partial charge is 0.206 e. The lowest BCUT2D eigenvalue weighted by atomic mass is 9.94. The molecule has 0 aromatic carbocycles. The molecule has 2 heterocycles. The fraction of sp³-hybridized carbons (Fsp3) is 0.786. The first-order valence-electron chi connectivity index (χ1n) is 7.27. The van der Waals surface area contributed by atoms with Crippen molar-refractivity contribution in [1.29, 1.82) is 0 Å². The zero-order valence-corrected chi connectivity index (χ0v) is 11.5. The van der Waals surface area contributed by atoms with Gasteiger partial charge in [0.25, 0.3) is 0 Å². The van der Waals surface area contributed by atoms with Gasteiger partial charge in [-0.2, -0.15) is 0 Å². The molecule has 1 aliphatic carbocycles. The van der Waals surface area contributed by atoms with E-state index in [9.17, 15) is 0 Å². The molecule has 4 nitrogen and oxygen atoms in total. The Morgan fingerprint density at radius 2 is 2.17 bits per heavy atom. The topological polar surface area (TPSA) is 47.1 Å². The number of imidazole rings is 1. The Balaban J connectivity index is 1.84. The second-order valence-electron chi connectivity index (χ2n) is 5.90. The summed E-state index contributed by atoms with van der Waals surface area (Å²) in [5.74, 6) is 1.80. The highest BCUT2D eigenvalue weighted by molar-refractivity contribution is 5.36. The largest absolute Gasteiger partial charge is 0.341 e. The summed E-state index contributed by atoms with van der Waals surface area (Å²) in [7, 11) is 0. The standard InChI is InChI=1S/C14H24N4/c1-3-11-8-18(12-4-5-12)14(16-11)17-7-6-10(2)13(15)9-17/h8,10,12-13H,3-7,9,15H2,1-2H3. The van der Waals surface area contributed by atoms with Crippen LogP contribution in [0.15, 0.2) is 6.20 Å². The highest BCUT2D eigenvalue weighted by Crippen LogP contribution is 2.38. The third-order valence-electron chi connectivity index (χ3n) is 4.36. The van der Waals surface area contributed by atoms with Gasteiger partial charge in [0, 0.05) is 31.4 Å². The van der Waals surface area contributed by atoms with Crippen LogP contribution >= 0.6 is 0 Å². The van der Waals surface area contributed by atoms with Crippen LogP contribution in [-0.4, -0.2) is 28.7 Å². The molecule has 2 fully saturated rings. The molecule has 1 aromatic rings. The van der Waals surface area contributed by atoms with Gasteiger partial charge in [0.1, 0.15) is 0 Å². The van der Waals surface area contributed by atoms with Crippen LogP contribution < -0.4 is 10.6 Å². The van der Waals surface area contributed by atoms with Crippen LogP contribution in [0.5, 0.6) is 0 Å². The second-order valence-corrected chi connectivity index (χ2v) is 5.90. The summed E-state index contributed by atoms with van der Waals surface area (Å²) in [6.07, 6.45) is 7.06. The lowest BCUT2D eigenvalue weighted by molar-refractivity contribution is 0.374. The fourth-order valence-corrected chi connectivity index (χ4v) is 2.74. The third kappa shape index (κ3) is 2.14. The molecule has 1 aromatic heterocycles. The third-order valence-corrected chi connectivity index (χ3v) is 4.36. The summed E-state index contributed by atoms with van der Waals surface area (Å²) >= 11 is 0. The molecule has 100 valence electrons. The van der Waals surface area contributed by atoms with Gasteiger partial charge in [-0.05, 0) is 31.6 Å². The minimum atomic E-state index is 0.285. The zero-order valence-electron chi connectivity index (χ0n) is 11.5. The predicted octanol–water partition coefficient (Wildman–Crippen LogP) is 1.95. The van der Waals surface area contributed by atoms with E-state index < -0.39 is 0 Å². The van der Waals surface area contributed by atoms with E-state index in [0.29, 0.717) is 12.0 Å². The molecule has 0 amide bonds. The number of rotatable bonds is 3. The van der Waals surface area contributed by atoms with Crippen LogP contribution in [0.1, 0.15) is 44.8 Å². The summed E-state index contributed by atoms with van der Waals surface area (Å²) < 4.78 is 2.39. The average molecular weight is 248 g/mol. The van der Waals surface area contributed by atoms with E-state index >= 15 is 0 Å². The molecule has 2 aliphatic rings. The van der Waals surface area contributed by atoms with Crippen LogP contribution in [0.25, 0.3) is 0 Å². The van der Waals surface area contributed by atoms with Gasteiger partial charge in [0.05, 0.1) is 5.69 Å². The van der Waals surface area contributed by atoms with Gasteiger partial charge in [0.15, 0.2) is 0 Å². The van der Waals surface area contributed by atoms with Crippen LogP contribution in [0.4, 0.5) is 5.95 Å². The molecule has 1 saturated heterocycles. The molecule has 0 radical (unpaired) electrons. The van der Waals surface area contributed by atoms with E-state index in [-0.39, 0.29) is 6.04 Å². The van der Waals surface area contributed by atoms with E-state index in [1.54, 1.807) is 0 Å². The minimum absolute atomic E-state index is 0.285. The Hall–Kier alpha value is -1.03. The van der Waals surface area contributed by atoms with Crippen molar-refractivity contribution in [2.75, 3.05) is 18.0 Å². The van der Waals surface area contributed by atoms with Crippen LogP contribution in [0, 0.1) is 5.92 Å². The average Bonchev–Trinajstić information content (AvgIpc) is 3.12. The highest BCUT2D eigenvalue weighted by Gasteiger charge is 2.31. The van der Waals surface area contributed by atoms with Gasteiger partial charge in [-0.25, -0.2) is 4.98 Å². The van der Waals surface area contributed by atoms with E-state index in [1.165, 1.54) is 25.0 Å². The SMILES string of the molecule is CCc1cn(C2CC2)c(N2CCC(C)C(N)C2)n1. The first-order chi connectivity index (χ1) is 8.69. The van der Waals surface area contributed by atoms with Crippen molar-refractivity contribution in [3.63, 3.8) is 0 Å². The lowest BCUT2D eigenvalue weighted by Crippen LogP contribution is -2.48. The molecule has 0 spiro atoms. The van der Waals surface area contributed by atoms with Crippen molar-refractivity contribution < 1.29 is 0 Å². The number of nitrogens with zero attached hydrogens (tertiary/aromatic N) is 3. The molecule has 18 heavy (non-hydrogen) atoms. The number of hydrogen-bond donors (Lipinski definition) is 1. The van der Waals surface area contributed by atoms with Crippen molar-refractivity contribution in [1.82, 2.24) is 9.55 Å². The quantitative estimate of drug-likeness (QED) is 0.889. The molecular formula is C14H24N4. The Bertz CT molecular complexity index is 421. The van der Waals surface area contributed by atoms with Gasteiger partial charge in [-0.3, -0.25) is 0 Å². The fourth-order valence-electron chi connectivity index (χ4n) is 2.74. The monoisotopic (exact) mass is 248 g/mol. The molecule has 2 N–H and O–H groups in total. The van der Waals surface area contributed by atoms with Crippen molar-refractivity contribution in [3.05, 3.63) is 11.9 Å². The molecule has 1 aliphatic heterocycles. The molecule has 4 heteroatoms.